The largest absolute Gasteiger partial charge is 0.497 e. The number of methoxy groups -OCH3 is 1. The van der Waals surface area contributed by atoms with Gasteiger partial charge in [-0.3, -0.25) is 4.79 Å². The number of carbonyl (C=O) groups excluding carboxylic acids is 1. The molecule has 1 aromatic heterocycles. The van der Waals surface area contributed by atoms with Crippen molar-refractivity contribution in [2.24, 2.45) is 0 Å². The molecule has 31 heavy (non-hydrogen) atoms. The van der Waals surface area contributed by atoms with E-state index in [0.29, 0.717) is 25.0 Å². The quantitative estimate of drug-likeness (QED) is 0.548. The molecule has 1 N–H and O–H groups in total. The van der Waals surface area contributed by atoms with Gasteiger partial charge in [0.1, 0.15) is 11.6 Å². The smallest absolute Gasteiger partial charge is 0.242 e. The van der Waals surface area contributed by atoms with Crippen molar-refractivity contribution in [3.8, 4) is 5.75 Å². The molecule has 166 valence electrons. The zero-order valence-electron chi connectivity index (χ0n) is 18.3. The minimum absolute atomic E-state index is 0.0756. The summed E-state index contributed by atoms with van der Waals surface area (Å²) in [6.07, 6.45) is 0.748. The molecule has 3 rings (SSSR count). The highest BCUT2D eigenvalue weighted by molar-refractivity contribution is 7.89. The molecular weight excluding hydrogens is 416 g/mol. The Bertz CT molecular complexity index is 1190. The van der Waals surface area contributed by atoms with Crippen LogP contribution in [-0.2, 0) is 34.3 Å². The van der Waals surface area contributed by atoms with Crippen LogP contribution in [0.5, 0.6) is 5.75 Å². The number of sulfonamides is 1. The Balaban J connectivity index is 1.71. The summed E-state index contributed by atoms with van der Waals surface area (Å²) in [6, 6.07) is 12.5. The van der Waals surface area contributed by atoms with Gasteiger partial charge in [-0.2, -0.15) is 0 Å². The molecular formula is C22H28N4O4S. The number of aryl methyl sites for hydroxylation is 2. The van der Waals surface area contributed by atoms with Crippen LogP contribution < -0.4 is 10.1 Å². The Labute approximate surface area is 182 Å². The molecule has 8 nitrogen and oxygen atoms in total. The summed E-state index contributed by atoms with van der Waals surface area (Å²) in [7, 11) is 1.07. The minimum Gasteiger partial charge on any atom is -0.497 e. The monoisotopic (exact) mass is 444 g/mol. The van der Waals surface area contributed by atoms with Crippen LogP contribution in [0, 0.1) is 0 Å². The fraction of sp³-hybridized carbons (Fsp3) is 0.364. The maximum Gasteiger partial charge on any atom is 0.242 e. The van der Waals surface area contributed by atoms with Gasteiger partial charge in [-0.25, -0.2) is 17.7 Å². The molecule has 3 aromatic rings. The number of rotatable bonds is 9. The Kier molecular flexibility index (Phi) is 6.97. The molecule has 2 aromatic carbocycles. The van der Waals surface area contributed by atoms with Crippen LogP contribution in [0.15, 0.2) is 47.4 Å². The van der Waals surface area contributed by atoms with E-state index in [1.807, 2.05) is 35.8 Å². The molecule has 0 unspecified atom stereocenters. The number of hydrogen-bond donors (Lipinski definition) is 1. The average molecular weight is 445 g/mol. The summed E-state index contributed by atoms with van der Waals surface area (Å²) in [5, 5.41) is 2.92. The van der Waals surface area contributed by atoms with E-state index in [0.717, 1.165) is 22.7 Å². The third-order valence-corrected chi connectivity index (χ3v) is 6.90. The zero-order valence-corrected chi connectivity index (χ0v) is 19.1. The van der Waals surface area contributed by atoms with Crippen molar-refractivity contribution in [3.63, 3.8) is 0 Å². The van der Waals surface area contributed by atoms with Gasteiger partial charge < -0.3 is 14.6 Å². The normalized spacial score (nSPS) is 11.8. The van der Waals surface area contributed by atoms with Crippen molar-refractivity contribution in [1.82, 2.24) is 19.2 Å². The molecule has 0 saturated carbocycles. The fourth-order valence-electron chi connectivity index (χ4n) is 3.37. The lowest BCUT2D eigenvalue weighted by molar-refractivity contribution is -0.121. The summed E-state index contributed by atoms with van der Waals surface area (Å²) in [5.41, 5.74) is 2.42. The van der Waals surface area contributed by atoms with Crippen molar-refractivity contribution < 1.29 is 17.9 Å². The topological polar surface area (TPSA) is 93.5 Å². The molecule has 0 fully saturated rings. The van der Waals surface area contributed by atoms with Gasteiger partial charge in [0.2, 0.25) is 15.9 Å². The van der Waals surface area contributed by atoms with E-state index in [1.54, 1.807) is 25.3 Å². The lowest BCUT2D eigenvalue weighted by atomic mass is 10.2. The van der Waals surface area contributed by atoms with Gasteiger partial charge in [0.25, 0.3) is 0 Å². The number of hydrogen-bond acceptors (Lipinski definition) is 5. The van der Waals surface area contributed by atoms with Crippen LogP contribution in [0.2, 0.25) is 0 Å². The van der Waals surface area contributed by atoms with E-state index in [4.69, 9.17) is 4.74 Å². The maximum absolute atomic E-state index is 12.4. The van der Waals surface area contributed by atoms with Crippen molar-refractivity contribution in [2.45, 2.75) is 37.8 Å². The van der Waals surface area contributed by atoms with Crippen LogP contribution in [-0.4, -0.2) is 49.4 Å². The first kappa shape index (κ1) is 22.8. The third kappa shape index (κ3) is 5.05. The SMILES string of the molecule is CCn1c(CCC(=O)NCc2cccc(OC)c2)nc2cc(S(=O)(=O)N(C)C)ccc21. The van der Waals surface area contributed by atoms with Crippen LogP contribution in [0.3, 0.4) is 0 Å². The third-order valence-electron chi connectivity index (χ3n) is 5.09. The highest BCUT2D eigenvalue weighted by Gasteiger charge is 2.19. The summed E-state index contributed by atoms with van der Waals surface area (Å²) >= 11 is 0. The van der Waals surface area contributed by atoms with E-state index in [-0.39, 0.29) is 17.2 Å². The Hall–Kier alpha value is -2.91. The molecule has 0 aliphatic heterocycles. The summed E-state index contributed by atoms with van der Waals surface area (Å²) in [6.45, 7) is 3.10. The molecule has 0 atom stereocenters. The first-order valence-electron chi connectivity index (χ1n) is 10.1. The second-order valence-corrected chi connectivity index (χ2v) is 9.49. The van der Waals surface area contributed by atoms with E-state index in [1.165, 1.54) is 18.4 Å². The number of fused-ring (bicyclic) bond motifs is 1. The fourth-order valence-corrected chi connectivity index (χ4v) is 4.29. The molecule has 0 saturated heterocycles. The molecule has 0 bridgehead atoms. The van der Waals surface area contributed by atoms with Gasteiger partial charge in [0.15, 0.2) is 0 Å². The van der Waals surface area contributed by atoms with Crippen LogP contribution in [0.1, 0.15) is 24.7 Å². The summed E-state index contributed by atoms with van der Waals surface area (Å²) in [5.74, 6) is 1.43. The Morgan fingerprint density at radius 1 is 1.19 bits per heavy atom. The van der Waals surface area contributed by atoms with Crippen LogP contribution in [0.4, 0.5) is 0 Å². The highest BCUT2D eigenvalue weighted by atomic mass is 32.2. The van der Waals surface area contributed by atoms with Gasteiger partial charge in [0, 0.05) is 40.0 Å². The van der Waals surface area contributed by atoms with Gasteiger partial charge in [-0.05, 0) is 42.8 Å². The predicted molar refractivity (Wildman–Crippen MR) is 119 cm³/mol. The lowest BCUT2D eigenvalue weighted by Gasteiger charge is -2.11. The number of benzene rings is 2. The molecule has 1 heterocycles. The zero-order chi connectivity index (χ0) is 22.6. The van der Waals surface area contributed by atoms with Crippen molar-refractivity contribution in [3.05, 3.63) is 53.9 Å². The standard InChI is InChI=1S/C22H28N4O4S/c1-5-26-20-10-9-18(31(28,29)25(2)3)14-19(20)24-21(26)11-12-22(27)23-15-16-7-6-8-17(13-16)30-4/h6-10,13-14H,5,11-12,15H2,1-4H3,(H,23,27). The van der Waals surface area contributed by atoms with Crippen molar-refractivity contribution >= 4 is 27.0 Å². The van der Waals surface area contributed by atoms with E-state index in [9.17, 15) is 13.2 Å². The second-order valence-electron chi connectivity index (χ2n) is 7.34. The summed E-state index contributed by atoms with van der Waals surface area (Å²) in [4.78, 5) is 17.2. The van der Waals surface area contributed by atoms with Gasteiger partial charge in [-0.1, -0.05) is 12.1 Å². The Morgan fingerprint density at radius 3 is 2.65 bits per heavy atom. The number of imidazole rings is 1. The average Bonchev–Trinajstić information content (AvgIpc) is 3.12. The number of nitrogens with zero attached hydrogens (tertiary/aromatic N) is 3. The van der Waals surface area contributed by atoms with Gasteiger partial charge >= 0.3 is 0 Å². The minimum atomic E-state index is -3.53. The van der Waals surface area contributed by atoms with Crippen LogP contribution >= 0.6 is 0 Å². The number of carbonyl (C=O) groups is 1. The van der Waals surface area contributed by atoms with Gasteiger partial charge in [-0.15, -0.1) is 0 Å². The Morgan fingerprint density at radius 2 is 1.97 bits per heavy atom. The molecule has 1 amide bonds. The molecule has 9 heteroatoms. The maximum atomic E-state index is 12.4. The number of amides is 1. The first-order valence-corrected chi connectivity index (χ1v) is 11.5. The molecule has 0 aliphatic rings. The first-order chi connectivity index (χ1) is 14.8. The summed E-state index contributed by atoms with van der Waals surface area (Å²) < 4.78 is 33.2. The second kappa shape index (κ2) is 9.49. The molecule has 0 aliphatic carbocycles. The van der Waals surface area contributed by atoms with Gasteiger partial charge in [0.05, 0.1) is 23.0 Å². The molecule has 0 radical (unpaired) electrons. The van der Waals surface area contributed by atoms with E-state index >= 15 is 0 Å². The van der Waals surface area contributed by atoms with Crippen molar-refractivity contribution in [1.29, 1.82) is 0 Å². The predicted octanol–water partition coefficient (Wildman–Crippen LogP) is 2.56. The number of nitrogens with one attached hydrogen (secondary N) is 1. The lowest BCUT2D eigenvalue weighted by Crippen LogP contribution is -2.23. The number of aromatic nitrogens is 2. The molecule has 0 spiro atoms. The van der Waals surface area contributed by atoms with E-state index < -0.39 is 10.0 Å². The highest BCUT2D eigenvalue weighted by Crippen LogP contribution is 2.23. The van der Waals surface area contributed by atoms with Crippen molar-refractivity contribution in [2.75, 3.05) is 21.2 Å². The number of ether oxygens (including phenoxy) is 1. The van der Waals surface area contributed by atoms with E-state index in [2.05, 4.69) is 10.3 Å². The van der Waals surface area contributed by atoms with Crippen LogP contribution in [0.25, 0.3) is 11.0 Å².